The summed E-state index contributed by atoms with van der Waals surface area (Å²) in [7, 11) is 0. The number of aryl methyl sites for hydroxylation is 1. The Balaban J connectivity index is 1.43. The molecule has 0 fully saturated rings. The largest absolute Gasteiger partial charge is 0.434 e. The van der Waals surface area contributed by atoms with E-state index in [1.54, 1.807) is 35.2 Å². The zero-order valence-electron chi connectivity index (χ0n) is 17.8. The van der Waals surface area contributed by atoms with Crippen LogP contribution in [0.3, 0.4) is 0 Å². The lowest BCUT2D eigenvalue weighted by atomic mass is 10.2. The van der Waals surface area contributed by atoms with Gasteiger partial charge in [-0.3, -0.25) is 9.36 Å². The molecule has 10 heteroatoms. The van der Waals surface area contributed by atoms with Gasteiger partial charge in [0.15, 0.2) is 5.69 Å². The molecule has 34 heavy (non-hydrogen) atoms. The van der Waals surface area contributed by atoms with Crippen LogP contribution in [0.4, 0.5) is 18.9 Å². The number of nitrogens with one attached hydrogen (secondary N) is 1. The van der Waals surface area contributed by atoms with Crippen LogP contribution in [0.1, 0.15) is 21.6 Å². The summed E-state index contributed by atoms with van der Waals surface area (Å²) in [5, 5.41) is 6.31. The third-order valence-corrected chi connectivity index (χ3v) is 5.27. The van der Waals surface area contributed by atoms with Crippen molar-refractivity contribution in [2.45, 2.75) is 13.1 Å². The number of hydrogen-bond acceptors (Lipinski definition) is 4. The van der Waals surface area contributed by atoms with Crippen LogP contribution in [0.25, 0.3) is 22.5 Å². The molecule has 3 heterocycles. The van der Waals surface area contributed by atoms with Gasteiger partial charge in [0.05, 0.1) is 40.4 Å². The predicted octanol–water partition coefficient (Wildman–Crippen LogP) is 5.19. The Morgan fingerprint density at radius 1 is 0.941 bits per heavy atom. The molecule has 0 saturated heterocycles. The van der Waals surface area contributed by atoms with Gasteiger partial charge >= 0.3 is 6.18 Å². The second kappa shape index (κ2) is 8.14. The Hall–Kier alpha value is -4.47. The van der Waals surface area contributed by atoms with E-state index < -0.39 is 23.3 Å². The Kier molecular flexibility index (Phi) is 5.12. The van der Waals surface area contributed by atoms with E-state index in [0.717, 1.165) is 27.5 Å². The lowest BCUT2D eigenvalue weighted by Gasteiger charge is -2.13. The van der Waals surface area contributed by atoms with E-state index in [4.69, 9.17) is 0 Å². The average molecular weight is 462 g/mol. The minimum atomic E-state index is -4.79. The number of nitrogens with zero attached hydrogens (tertiary/aromatic N) is 5. The number of fused-ring (bicyclic) bond motifs is 1. The summed E-state index contributed by atoms with van der Waals surface area (Å²) in [6.07, 6.45) is -0.879. The van der Waals surface area contributed by atoms with Crippen molar-refractivity contribution >= 4 is 22.6 Å². The number of aromatic nitrogens is 5. The maximum absolute atomic E-state index is 13.9. The fraction of sp³-hybridized carbons (Fsp3) is 0.0833. The lowest BCUT2D eigenvalue weighted by molar-refractivity contribution is -0.143. The van der Waals surface area contributed by atoms with Gasteiger partial charge in [-0.25, -0.2) is 14.6 Å². The third kappa shape index (κ3) is 3.90. The van der Waals surface area contributed by atoms with Crippen molar-refractivity contribution in [1.82, 2.24) is 24.3 Å². The molecule has 0 atom stereocenters. The molecule has 7 nitrogen and oxygen atoms in total. The molecule has 0 aliphatic rings. The molecule has 3 aromatic heterocycles. The molecule has 5 rings (SSSR count). The van der Waals surface area contributed by atoms with E-state index in [9.17, 15) is 18.0 Å². The fourth-order valence-electron chi connectivity index (χ4n) is 3.61. The summed E-state index contributed by atoms with van der Waals surface area (Å²) in [6, 6.07) is 17.1. The lowest BCUT2D eigenvalue weighted by Crippen LogP contribution is -2.20. The van der Waals surface area contributed by atoms with Crippen molar-refractivity contribution in [2.24, 2.45) is 0 Å². The maximum atomic E-state index is 13.9. The van der Waals surface area contributed by atoms with Gasteiger partial charge in [0, 0.05) is 0 Å². The van der Waals surface area contributed by atoms with Gasteiger partial charge in [-0.1, -0.05) is 29.8 Å². The number of rotatable bonds is 4. The Morgan fingerprint density at radius 3 is 2.41 bits per heavy atom. The Bertz CT molecular complexity index is 1480. The van der Waals surface area contributed by atoms with Crippen LogP contribution in [0.5, 0.6) is 0 Å². The first kappa shape index (κ1) is 21.4. The minimum Gasteiger partial charge on any atom is -0.320 e. The van der Waals surface area contributed by atoms with Crippen LogP contribution in [0.2, 0.25) is 0 Å². The van der Waals surface area contributed by atoms with Gasteiger partial charge in [0.25, 0.3) is 5.91 Å². The van der Waals surface area contributed by atoms with Crippen molar-refractivity contribution in [3.05, 3.63) is 96.2 Å². The molecular weight excluding hydrogens is 445 g/mol. The first-order chi connectivity index (χ1) is 16.3. The first-order valence-corrected chi connectivity index (χ1v) is 10.2. The highest BCUT2D eigenvalue weighted by molar-refractivity contribution is 6.05. The minimum absolute atomic E-state index is 0.204. The van der Waals surface area contributed by atoms with E-state index in [2.05, 4.69) is 20.4 Å². The van der Waals surface area contributed by atoms with E-state index in [-0.39, 0.29) is 11.4 Å². The van der Waals surface area contributed by atoms with Gasteiger partial charge < -0.3 is 5.32 Å². The maximum Gasteiger partial charge on any atom is 0.434 e. The normalized spacial score (nSPS) is 11.6. The van der Waals surface area contributed by atoms with Crippen molar-refractivity contribution in [1.29, 1.82) is 0 Å². The van der Waals surface area contributed by atoms with E-state index in [0.29, 0.717) is 5.82 Å². The summed E-state index contributed by atoms with van der Waals surface area (Å²) in [5.41, 5.74) is 1.25. The van der Waals surface area contributed by atoms with Crippen LogP contribution >= 0.6 is 0 Å². The summed E-state index contributed by atoms with van der Waals surface area (Å²) < 4.78 is 44.1. The van der Waals surface area contributed by atoms with Gasteiger partial charge in [-0.05, 0) is 43.3 Å². The molecule has 0 bridgehead atoms. The first-order valence-electron chi connectivity index (χ1n) is 10.2. The number of benzene rings is 2. The molecule has 0 saturated carbocycles. The summed E-state index contributed by atoms with van der Waals surface area (Å²) in [5.74, 6) is -0.386. The fourth-order valence-corrected chi connectivity index (χ4v) is 3.61. The van der Waals surface area contributed by atoms with Crippen LogP contribution in [0, 0.1) is 6.92 Å². The molecule has 0 aliphatic carbocycles. The third-order valence-electron chi connectivity index (χ3n) is 5.27. The monoisotopic (exact) mass is 462 g/mol. The molecular formula is C24H17F3N6O. The Labute approximate surface area is 191 Å². The predicted molar refractivity (Wildman–Crippen MR) is 120 cm³/mol. The van der Waals surface area contributed by atoms with Crippen LogP contribution in [0.15, 0.2) is 79.4 Å². The number of carbonyl (C=O) groups is 1. The van der Waals surface area contributed by atoms with Crippen molar-refractivity contribution < 1.29 is 18.0 Å². The zero-order valence-corrected chi connectivity index (χ0v) is 17.8. The van der Waals surface area contributed by atoms with Gasteiger partial charge in [0.1, 0.15) is 12.1 Å². The highest BCUT2D eigenvalue weighted by Gasteiger charge is 2.40. The highest BCUT2D eigenvalue weighted by atomic mass is 19.4. The summed E-state index contributed by atoms with van der Waals surface area (Å²) >= 11 is 0. The molecule has 1 amide bonds. The molecule has 0 radical (unpaired) electrons. The topological polar surface area (TPSA) is 77.6 Å². The zero-order chi connectivity index (χ0) is 23.9. The second-order valence-electron chi connectivity index (χ2n) is 7.61. The summed E-state index contributed by atoms with van der Waals surface area (Å²) in [4.78, 5) is 21.4. The van der Waals surface area contributed by atoms with Crippen LogP contribution < -0.4 is 5.32 Å². The molecule has 5 aromatic rings. The number of alkyl halides is 3. The average Bonchev–Trinajstić information content (AvgIpc) is 3.45. The van der Waals surface area contributed by atoms with Crippen molar-refractivity contribution in [2.75, 3.05) is 5.32 Å². The van der Waals surface area contributed by atoms with E-state index >= 15 is 0 Å². The van der Waals surface area contributed by atoms with Crippen molar-refractivity contribution in [3.63, 3.8) is 0 Å². The van der Waals surface area contributed by atoms with Crippen molar-refractivity contribution in [3.8, 4) is 11.5 Å². The molecule has 1 N–H and O–H groups in total. The second-order valence-corrected chi connectivity index (χ2v) is 7.61. The smallest absolute Gasteiger partial charge is 0.320 e. The van der Waals surface area contributed by atoms with Gasteiger partial charge in [-0.2, -0.15) is 18.3 Å². The number of amides is 1. The number of halogens is 3. The molecule has 170 valence electrons. The van der Waals surface area contributed by atoms with Crippen LogP contribution in [-0.4, -0.2) is 30.2 Å². The van der Waals surface area contributed by atoms with Gasteiger partial charge in [0.2, 0.25) is 0 Å². The number of imidazole rings is 1. The van der Waals surface area contributed by atoms with E-state index in [1.807, 2.05) is 31.2 Å². The number of anilines is 1. The molecule has 2 aromatic carbocycles. The quantitative estimate of drug-likeness (QED) is 0.399. The highest BCUT2D eigenvalue weighted by Crippen LogP contribution is 2.34. The summed E-state index contributed by atoms with van der Waals surface area (Å²) in [6.45, 7) is 1.82. The Morgan fingerprint density at radius 2 is 1.71 bits per heavy atom. The van der Waals surface area contributed by atoms with E-state index in [1.165, 1.54) is 18.3 Å². The SMILES string of the molecule is Cc1ccc(-n2ncc(C(=O)Nc3ccc(-n4cnc5ccccc54)nc3)c2C(F)(F)F)cc1. The van der Waals surface area contributed by atoms with Crippen LogP contribution in [-0.2, 0) is 6.18 Å². The standard InChI is InChI=1S/C24H17F3N6O/c1-15-6-9-17(10-7-15)33-22(24(25,26)27)18(13-30-33)23(34)31-16-8-11-21(28-12-16)32-14-29-19-4-2-3-5-20(19)32/h2-14H,1H3,(H,31,34). The molecule has 0 spiro atoms. The number of carbonyl (C=O) groups excluding carboxylic acids is 1. The molecule has 0 unspecified atom stereocenters. The number of pyridine rings is 1. The number of para-hydroxylation sites is 2. The molecule has 0 aliphatic heterocycles. The number of hydrogen-bond donors (Lipinski definition) is 1. The van der Waals surface area contributed by atoms with Gasteiger partial charge in [-0.15, -0.1) is 0 Å².